The Kier molecular flexibility index (Phi) is 3.16. The van der Waals surface area contributed by atoms with E-state index in [0.717, 1.165) is 5.56 Å². The molecule has 2 heterocycles. The Morgan fingerprint density at radius 3 is 2.85 bits per heavy atom. The van der Waals surface area contributed by atoms with Crippen LogP contribution in [0.5, 0.6) is 0 Å². The van der Waals surface area contributed by atoms with E-state index in [-0.39, 0.29) is 30.2 Å². The van der Waals surface area contributed by atoms with E-state index in [2.05, 4.69) is 20.8 Å². The second-order valence-electron chi connectivity index (χ2n) is 4.41. The highest BCUT2D eigenvalue weighted by atomic mass is 16.6. The highest BCUT2D eigenvalue weighted by Crippen LogP contribution is 2.26. The molecule has 0 unspecified atom stereocenters. The fourth-order valence-electron chi connectivity index (χ4n) is 1.97. The van der Waals surface area contributed by atoms with Gasteiger partial charge in [0.05, 0.1) is 0 Å². The maximum absolute atomic E-state index is 11.9. The fourth-order valence-corrected chi connectivity index (χ4v) is 1.97. The molecule has 0 bridgehead atoms. The zero-order chi connectivity index (χ0) is 13.9. The van der Waals surface area contributed by atoms with Crippen molar-refractivity contribution in [1.82, 2.24) is 10.6 Å². The van der Waals surface area contributed by atoms with Crippen LogP contribution in [0.4, 0.5) is 0 Å². The molecule has 0 radical (unpaired) electrons. The molecule has 1 aromatic rings. The van der Waals surface area contributed by atoms with Gasteiger partial charge in [0.2, 0.25) is 11.9 Å². The third kappa shape index (κ3) is 2.51. The van der Waals surface area contributed by atoms with Gasteiger partial charge in [-0.05, 0) is 5.56 Å². The van der Waals surface area contributed by atoms with Crippen LogP contribution in [0.1, 0.15) is 18.1 Å². The molecule has 102 valence electrons. The van der Waals surface area contributed by atoms with Gasteiger partial charge in [-0.15, -0.1) is 0 Å². The van der Waals surface area contributed by atoms with Gasteiger partial charge in [0, 0.05) is 6.42 Å². The maximum Gasteiger partial charge on any atom is 0.275 e. The molecule has 1 aromatic carbocycles. The van der Waals surface area contributed by atoms with Crippen LogP contribution in [0.15, 0.2) is 40.5 Å². The summed E-state index contributed by atoms with van der Waals surface area (Å²) >= 11 is 0. The summed E-state index contributed by atoms with van der Waals surface area (Å²) in [7, 11) is 0. The minimum atomic E-state index is -0.413. The number of nitrogens with zero attached hydrogens (tertiary/aromatic N) is 2. The van der Waals surface area contributed by atoms with Crippen LogP contribution in [-0.2, 0) is 14.4 Å². The van der Waals surface area contributed by atoms with E-state index < -0.39 is 5.91 Å². The Hall–Kier alpha value is -2.70. The number of carbonyl (C=O) groups is 2. The molecule has 7 nitrogen and oxygen atoms in total. The lowest BCUT2D eigenvalue weighted by atomic mass is 10.0. The normalized spacial score (nSPS) is 20.8. The van der Waals surface area contributed by atoms with Gasteiger partial charge in [0.25, 0.3) is 5.91 Å². The third-order valence-corrected chi connectivity index (χ3v) is 2.97. The van der Waals surface area contributed by atoms with E-state index in [1.807, 2.05) is 30.3 Å². The van der Waals surface area contributed by atoms with Gasteiger partial charge in [-0.25, -0.2) is 4.99 Å². The zero-order valence-corrected chi connectivity index (χ0v) is 10.5. The van der Waals surface area contributed by atoms with Crippen molar-refractivity contribution < 1.29 is 14.4 Å². The lowest BCUT2D eigenvalue weighted by Crippen LogP contribution is -2.42. The molecule has 2 aliphatic rings. The van der Waals surface area contributed by atoms with Crippen molar-refractivity contribution in [2.75, 3.05) is 6.54 Å². The Morgan fingerprint density at radius 1 is 1.35 bits per heavy atom. The van der Waals surface area contributed by atoms with Crippen molar-refractivity contribution in [3.63, 3.8) is 0 Å². The monoisotopic (exact) mass is 272 g/mol. The number of guanidine groups is 1. The number of hydrogen-bond donors (Lipinski definition) is 2. The molecule has 0 spiro atoms. The number of amides is 2. The molecule has 0 aliphatic carbocycles. The molecule has 2 aliphatic heterocycles. The first kappa shape index (κ1) is 12.3. The molecule has 0 saturated carbocycles. The largest absolute Gasteiger partial charge is 0.387 e. The van der Waals surface area contributed by atoms with E-state index in [9.17, 15) is 9.59 Å². The van der Waals surface area contributed by atoms with Crippen LogP contribution in [0, 0.1) is 0 Å². The van der Waals surface area contributed by atoms with E-state index in [1.165, 1.54) is 0 Å². The summed E-state index contributed by atoms with van der Waals surface area (Å²) in [5.41, 5.74) is 1.24. The predicted molar refractivity (Wildman–Crippen MR) is 70.9 cm³/mol. The SMILES string of the molecule is O=C1CN=C(NC(=O)C2=NO[C@@H](c3ccccc3)C2)N1. The number of benzene rings is 1. The number of rotatable bonds is 2. The quantitative estimate of drug-likeness (QED) is 0.800. The van der Waals surface area contributed by atoms with Crippen LogP contribution < -0.4 is 10.6 Å². The average molecular weight is 272 g/mol. The lowest BCUT2D eigenvalue weighted by Gasteiger charge is -2.07. The molecule has 3 rings (SSSR count). The standard InChI is InChI=1S/C13H12N4O3/c18-11-7-14-13(15-11)16-12(19)9-6-10(20-17-9)8-4-2-1-3-5-8/h1-5,10H,6-7H2,(H2,14,15,16,18,19)/t10-/m1/s1. The second-order valence-corrected chi connectivity index (χ2v) is 4.41. The molecule has 0 saturated heterocycles. The third-order valence-electron chi connectivity index (χ3n) is 2.97. The summed E-state index contributed by atoms with van der Waals surface area (Å²) in [5.74, 6) is -0.498. The smallest absolute Gasteiger partial charge is 0.275 e. The first-order chi connectivity index (χ1) is 9.72. The first-order valence-corrected chi connectivity index (χ1v) is 6.15. The summed E-state index contributed by atoms with van der Waals surface area (Å²) in [5, 5.41) is 8.72. The van der Waals surface area contributed by atoms with Gasteiger partial charge < -0.3 is 4.84 Å². The number of aliphatic imine (C=N–C) groups is 1. The van der Waals surface area contributed by atoms with Crippen LogP contribution >= 0.6 is 0 Å². The zero-order valence-electron chi connectivity index (χ0n) is 10.5. The van der Waals surface area contributed by atoms with E-state index in [0.29, 0.717) is 6.42 Å². The van der Waals surface area contributed by atoms with Crippen molar-refractivity contribution >= 4 is 23.5 Å². The Labute approximate surface area is 114 Å². The van der Waals surface area contributed by atoms with Crippen molar-refractivity contribution in [2.45, 2.75) is 12.5 Å². The van der Waals surface area contributed by atoms with Crippen molar-refractivity contribution in [3.05, 3.63) is 35.9 Å². The summed E-state index contributed by atoms with van der Waals surface area (Å²) in [6, 6.07) is 9.55. The molecule has 20 heavy (non-hydrogen) atoms. The number of hydrogen-bond acceptors (Lipinski definition) is 5. The Bertz CT molecular complexity index is 609. The molecule has 0 aromatic heterocycles. The van der Waals surface area contributed by atoms with Crippen LogP contribution in [0.3, 0.4) is 0 Å². The molecule has 2 N–H and O–H groups in total. The summed E-state index contributed by atoms with van der Waals surface area (Å²) in [6.45, 7) is 0.0330. The minimum absolute atomic E-state index is 0.0330. The van der Waals surface area contributed by atoms with Crippen molar-refractivity contribution in [2.24, 2.45) is 10.1 Å². The fraction of sp³-hybridized carbons (Fsp3) is 0.231. The second kappa shape index (κ2) is 5.12. The summed E-state index contributed by atoms with van der Waals surface area (Å²) in [4.78, 5) is 32.0. The van der Waals surface area contributed by atoms with E-state index >= 15 is 0 Å². The highest BCUT2D eigenvalue weighted by molar-refractivity contribution is 6.42. The summed E-state index contributed by atoms with van der Waals surface area (Å²) in [6.07, 6.45) is 0.133. The van der Waals surface area contributed by atoms with E-state index in [4.69, 9.17) is 4.84 Å². The topological polar surface area (TPSA) is 92.2 Å². The predicted octanol–water partition coefficient (Wildman–Crippen LogP) is 0.106. The van der Waals surface area contributed by atoms with Crippen molar-refractivity contribution in [1.29, 1.82) is 0 Å². The van der Waals surface area contributed by atoms with Gasteiger partial charge in [0.1, 0.15) is 12.3 Å². The van der Waals surface area contributed by atoms with Crippen LogP contribution in [-0.4, -0.2) is 30.0 Å². The van der Waals surface area contributed by atoms with Gasteiger partial charge >= 0.3 is 0 Å². The number of nitrogens with one attached hydrogen (secondary N) is 2. The lowest BCUT2D eigenvalue weighted by molar-refractivity contribution is -0.117. The first-order valence-electron chi connectivity index (χ1n) is 6.15. The van der Waals surface area contributed by atoms with Crippen LogP contribution in [0.2, 0.25) is 0 Å². The molecular formula is C13H12N4O3. The molecule has 7 heteroatoms. The van der Waals surface area contributed by atoms with E-state index in [1.54, 1.807) is 0 Å². The number of oxime groups is 1. The van der Waals surface area contributed by atoms with Crippen LogP contribution in [0.25, 0.3) is 0 Å². The Morgan fingerprint density at radius 2 is 2.15 bits per heavy atom. The molecule has 2 amide bonds. The minimum Gasteiger partial charge on any atom is -0.387 e. The Balaban J connectivity index is 1.59. The van der Waals surface area contributed by atoms with Crippen molar-refractivity contribution in [3.8, 4) is 0 Å². The molecular weight excluding hydrogens is 260 g/mol. The van der Waals surface area contributed by atoms with Gasteiger partial charge in [-0.1, -0.05) is 35.5 Å². The molecule has 0 fully saturated rings. The van der Waals surface area contributed by atoms with Gasteiger partial charge in [-0.3, -0.25) is 20.2 Å². The van der Waals surface area contributed by atoms with Gasteiger partial charge in [-0.2, -0.15) is 0 Å². The average Bonchev–Trinajstić information content (AvgIpc) is 3.09. The summed E-state index contributed by atoms with van der Waals surface area (Å²) < 4.78 is 0. The van der Waals surface area contributed by atoms with Gasteiger partial charge in [0.15, 0.2) is 6.10 Å². The highest BCUT2D eigenvalue weighted by Gasteiger charge is 2.28. The number of carbonyl (C=O) groups excluding carboxylic acids is 2. The maximum atomic E-state index is 11.9. The molecule has 1 atom stereocenters.